The molecule has 0 aliphatic carbocycles. The highest BCUT2D eigenvalue weighted by atomic mass is 15.1. The van der Waals surface area contributed by atoms with Crippen molar-refractivity contribution in [3.63, 3.8) is 0 Å². The SMILES string of the molecule is CC(C)c1cccc(C(C)C)c1-n1c(-c2cccc(-c3ccccc3)c2)nc2ccccc21. The maximum atomic E-state index is 5.16. The lowest BCUT2D eigenvalue weighted by Gasteiger charge is -2.22. The van der Waals surface area contributed by atoms with Crippen molar-refractivity contribution in [2.24, 2.45) is 0 Å². The zero-order valence-corrected chi connectivity index (χ0v) is 19.8. The minimum Gasteiger partial charge on any atom is -0.292 e. The maximum absolute atomic E-state index is 5.16. The summed E-state index contributed by atoms with van der Waals surface area (Å²) in [5, 5.41) is 0. The molecule has 0 aliphatic rings. The Hall–Kier alpha value is -3.65. The normalized spacial score (nSPS) is 11.6. The number of imidazole rings is 1. The molecule has 0 atom stereocenters. The second kappa shape index (κ2) is 8.71. The summed E-state index contributed by atoms with van der Waals surface area (Å²) in [5.41, 5.74) is 9.69. The summed E-state index contributed by atoms with van der Waals surface area (Å²) in [5.74, 6) is 1.80. The molecule has 33 heavy (non-hydrogen) atoms. The average molecular weight is 431 g/mol. The maximum Gasteiger partial charge on any atom is 0.145 e. The summed E-state index contributed by atoms with van der Waals surface area (Å²) in [6.45, 7) is 9.10. The molecule has 0 fully saturated rings. The van der Waals surface area contributed by atoms with Gasteiger partial charge in [0.25, 0.3) is 0 Å². The highest BCUT2D eigenvalue weighted by Crippen LogP contribution is 2.37. The van der Waals surface area contributed by atoms with Crippen molar-refractivity contribution < 1.29 is 0 Å². The van der Waals surface area contributed by atoms with E-state index in [1.54, 1.807) is 0 Å². The van der Waals surface area contributed by atoms with Crippen LogP contribution in [0, 0.1) is 0 Å². The Balaban J connectivity index is 1.83. The van der Waals surface area contributed by atoms with Crippen LogP contribution >= 0.6 is 0 Å². The van der Waals surface area contributed by atoms with Gasteiger partial charge in [-0.25, -0.2) is 4.98 Å². The van der Waals surface area contributed by atoms with Crippen molar-refractivity contribution in [2.75, 3.05) is 0 Å². The molecule has 5 rings (SSSR count). The van der Waals surface area contributed by atoms with Gasteiger partial charge >= 0.3 is 0 Å². The summed E-state index contributed by atoms with van der Waals surface area (Å²) in [6.07, 6.45) is 0. The van der Waals surface area contributed by atoms with Crippen LogP contribution in [0.2, 0.25) is 0 Å². The minimum atomic E-state index is 0.406. The second-order valence-electron chi connectivity index (χ2n) is 9.30. The van der Waals surface area contributed by atoms with Gasteiger partial charge in [0.1, 0.15) is 5.82 Å². The minimum absolute atomic E-state index is 0.406. The Bertz CT molecular complexity index is 1380. The van der Waals surface area contributed by atoms with E-state index in [2.05, 4.69) is 129 Å². The van der Waals surface area contributed by atoms with Crippen LogP contribution in [0.1, 0.15) is 50.7 Å². The molecule has 2 nitrogen and oxygen atoms in total. The van der Waals surface area contributed by atoms with Crippen molar-refractivity contribution in [1.82, 2.24) is 9.55 Å². The third kappa shape index (κ3) is 3.87. The zero-order valence-electron chi connectivity index (χ0n) is 19.8. The van der Waals surface area contributed by atoms with E-state index in [-0.39, 0.29) is 0 Å². The average Bonchev–Trinajstić information content (AvgIpc) is 3.23. The second-order valence-corrected chi connectivity index (χ2v) is 9.30. The topological polar surface area (TPSA) is 17.8 Å². The summed E-state index contributed by atoms with van der Waals surface area (Å²) < 4.78 is 2.39. The van der Waals surface area contributed by atoms with E-state index >= 15 is 0 Å². The number of rotatable bonds is 5. The molecular formula is C31H30N2. The lowest BCUT2D eigenvalue weighted by molar-refractivity contribution is 0.811. The number of benzene rings is 4. The van der Waals surface area contributed by atoms with Gasteiger partial charge in [-0.1, -0.05) is 107 Å². The summed E-state index contributed by atoms with van der Waals surface area (Å²) in [7, 11) is 0. The van der Waals surface area contributed by atoms with Gasteiger partial charge in [-0.2, -0.15) is 0 Å². The fourth-order valence-electron chi connectivity index (χ4n) is 4.68. The molecule has 0 saturated carbocycles. The predicted molar refractivity (Wildman–Crippen MR) is 140 cm³/mol. The fraction of sp³-hybridized carbons (Fsp3) is 0.194. The van der Waals surface area contributed by atoms with E-state index in [1.807, 2.05) is 0 Å². The Labute approximate surface area is 196 Å². The molecular weight excluding hydrogens is 400 g/mol. The lowest BCUT2D eigenvalue weighted by Crippen LogP contribution is -2.08. The largest absolute Gasteiger partial charge is 0.292 e. The van der Waals surface area contributed by atoms with Gasteiger partial charge in [-0.15, -0.1) is 0 Å². The number of aromatic nitrogens is 2. The monoisotopic (exact) mass is 430 g/mol. The van der Waals surface area contributed by atoms with E-state index in [4.69, 9.17) is 4.98 Å². The van der Waals surface area contributed by atoms with E-state index in [9.17, 15) is 0 Å². The van der Waals surface area contributed by atoms with E-state index in [1.165, 1.54) is 27.9 Å². The van der Waals surface area contributed by atoms with Gasteiger partial charge in [0.05, 0.1) is 16.7 Å². The highest BCUT2D eigenvalue weighted by molar-refractivity contribution is 5.85. The Morgan fingerprint density at radius 3 is 1.85 bits per heavy atom. The first-order valence-corrected chi connectivity index (χ1v) is 11.8. The van der Waals surface area contributed by atoms with Crippen molar-refractivity contribution in [1.29, 1.82) is 0 Å². The number of para-hydroxylation sites is 3. The quantitative estimate of drug-likeness (QED) is 0.273. The molecule has 4 aromatic carbocycles. The smallest absolute Gasteiger partial charge is 0.145 e. The van der Waals surface area contributed by atoms with Crippen molar-refractivity contribution >= 4 is 11.0 Å². The summed E-state index contributed by atoms with van der Waals surface area (Å²) >= 11 is 0. The lowest BCUT2D eigenvalue weighted by atomic mass is 9.92. The Morgan fingerprint density at radius 1 is 0.576 bits per heavy atom. The van der Waals surface area contributed by atoms with Crippen LogP contribution in [0.4, 0.5) is 0 Å². The molecule has 2 heteroatoms. The van der Waals surface area contributed by atoms with Gasteiger partial charge in [-0.05, 0) is 52.3 Å². The van der Waals surface area contributed by atoms with Gasteiger partial charge in [-0.3, -0.25) is 4.57 Å². The van der Waals surface area contributed by atoms with Crippen molar-refractivity contribution in [3.05, 3.63) is 108 Å². The van der Waals surface area contributed by atoms with Crippen LogP contribution in [0.15, 0.2) is 97.1 Å². The van der Waals surface area contributed by atoms with Crippen LogP contribution in [0.25, 0.3) is 39.2 Å². The number of hydrogen-bond acceptors (Lipinski definition) is 1. The molecule has 0 amide bonds. The molecule has 0 unspecified atom stereocenters. The van der Waals surface area contributed by atoms with Crippen molar-refractivity contribution in [3.8, 4) is 28.2 Å². The third-order valence-electron chi connectivity index (χ3n) is 6.35. The van der Waals surface area contributed by atoms with Crippen LogP contribution in [-0.2, 0) is 0 Å². The summed E-state index contributed by atoms with van der Waals surface area (Å²) in [4.78, 5) is 5.16. The fourth-order valence-corrected chi connectivity index (χ4v) is 4.68. The molecule has 5 aromatic rings. The van der Waals surface area contributed by atoms with Gasteiger partial charge in [0, 0.05) is 5.56 Å². The molecule has 0 spiro atoms. The van der Waals surface area contributed by atoms with Crippen molar-refractivity contribution in [2.45, 2.75) is 39.5 Å². The van der Waals surface area contributed by atoms with Gasteiger partial charge < -0.3 is 0 Å². The van der Waals surface area contributed by atoms with Crippen LogP contribution in [-0.4, -0.2) is 9.55 Å². The number of fused-ring (bicyclic) bond motifs is 1. The van der Waals surface area contributed by atoms with E-state index in [0.717, 1.165) is 22.4 Å². The Kier molecular flexibility index (Phi) is 5.60. The highest BCUT2D eigenvalue weighted by Gasteiger charge is 2.21. The van der Waals surface area contributed by atoms with Gasteiger partial charge in [0.2, 0.25) is 0 Å². The Morgan fingerprint density at radius 2 is 1.15 bits per heavy atom. The third-order valence-corrected chi connectivity index (χ3v) is 6.35. The van der Waals surface area contributed by atoms with E-state index in [0.29, 0.717) is 11.8 Å². The standard InChI is InChI=1S/C31H30N2/c1-21(2)26-16-11-17-27(22(3)4)30(26)33-29-19-9-8-18-28(29)32-31(33)25-15-10-14-24(20-25)23-12-6-5-7-13-23/h5-22H,1-4H3. The molecule has 0 bridgehead atoms. The first-order chi connectivity index (χ1) is 16.0. The first kappa shape index (κ1) is 21.2. The van der Waals surface area contributed by atoms with E-state index < -0.39 is 0 Å². The van der Waals surface area contributed by atoms with Crippen LogP contribution < -0.4 is 0 Å². The predicted octanol–water partition coefficient (Wildman–Crippen LogP) is 8.61. The summed E-state index contributed by atoms with van der Waals surface area (Å²) in [6, 6.07) is 34.5. The first-order valence-electron chi connectivity index (χ1n) is 11.8. The number of nitrogens with zero attached hydrogens (tertiary/aromatic N) is 2. The zero-order chi connectivity index (χ0) is 22.9. The van der Waals surface area contributed by atoms with Gasteiger partial charge in [0.15, 0.2) is 0 Å². The van der Waals surface area contributed by atoms with Crippen LogP contribution in [0.3, 0.4) is 0 Å². The number of hydrogen-bond donors (Lipinski definition) is 0. The molecule has 0 aliphatic heterocycles. The molecule has 164 valence electrons. The molecule has 0 saturated heterocycles. The molecule has 0 radical (unpaired) electrons. The van der Waals surface area contributed by atoms with Crippen LogP contribution in [0.5, 0.6) is 0 Å². The molecule has 1 heterocycles. The molecule has 1 aromatic heterocycles. The molecule has 0 N–H and O–H groups in total.